The highest BCUT2D eigenvalue weighted by atomic mass is 35.5. The molecular formula is C15H22ClN3O2. The van der Waals surface area contributed by atoms with Crippen LogP contribution in [0.5, 0.6) is 0 Å². The maximum Gasteiger partial charge on any atom is 0.269 e. The third-order valence-corrected chi connectivity index (χ3v) is 4.58. The van der Waals surface area contributed by atoms with Gasteiger partial charge in [-0.05, 0) is 17.5 Å². The number of hydrogen-bond acceptors (Lipinski definition) is 4. The number of nitrogens with one attached hydrogen (secondary N) is 1. The number of piperazine rings is 1. The summed E-state index contributed by atoms with van der Waals surface area (Å²) in [5.41, 5.74) is 0.986. The van der Waals surface area contributed by atoms with E-state index in [4.69, 9.17) is 11.6 Å². The van der Waals surface area contributed by atoms with Crippen LogP contribution in [0.3, 0.4) is 0 Å². The smallest absolute Gasteiger partial charge is 0.269 e. The monoisotopic (exact) mass is 311 g/mol. The van der Waals surface area contributed by atoms with Gasteiger partial charge in [-0.1, -0.05) is 31.9 Å². The van der Waals surface area contributed by atoms with Gasteiger partial charge in [0.25, 0.3) is 5.69 Å². The van der Waals surface area contributed by atoms with E-state index in [0.29, 0.717) is 10.9 Å². The maximum absolute atomic E-state index is 11.0. The molecule has 0 aromatic heterocycles. The maximum atomic E-state index is 11.0. The van der Waals surface area contributed by atoms with Gasteiger partial charge in [0.15, 0.2) is 0 Å². The Bertz CT molecular complexity index is 504. The van der Waals surface area contributed by atoms with Crippen LogP contribution in [0.1, 0.15) is 31.9 Å². The normalized spacial score (nSPS) is 19.2. The topological polar surface area (TPSA) is 58.4 Å². The Kier molecular flexibility index (Phi) is 5.56. The molecule has 1 aromatic rings. The van der Waals surface area contributed by atoms with Gasteiger partial charge in [0.1, 0.15) is 0 Å². The lowest BCUT2D eigenvalue weighted by atomic mass is 9.90. The van der Waals surface area contributed by atoms with Crippen molar-refractivity contribution in [3.8, 4) is 0 Å². The lowest BCUT2D eigenvalue weighted by molar-refractivity contribution is -0.385. The summed E-state index contributed by atoms with van der Waals surface area (Å²) >= 11 is 6.35. The van der Waals surface area contributed by atoms with Gasteiger partial charge in [-0.15, -0.1) is 0 Å². The Balaban J connectivity index is 2.39. The van der Waals surface area contributed by atoms with Crippen LogP contribution >= 0.6 is 11.6 Å². The van der Waals surface area contributed by atoms with Crippen LogP contribution in [-0.4, -0.2) is 36.0 Å². The SMILES string of the molecule is CCC(C)[C@@H](c1cc([N+](=O)[O-])ccc1Cl)N1CCNCC1. The summed E-state index contributed by atoms with van der Waals surface area (Å²) in [6, 6.07) is 4.88. The standard InChI is InChI=1S/C15H22ClN3O2/c1-3-11(2)15(18-8-6-17-7-9-18)13-10-12(19(20)21)4-5-14(13)16/h4-5,10-11,15,17H,3,6-9H2,1-2H3/t11?,15-/m0/s1. The summed E-state index contributed by atoms with van der Waals surface area (Å²) in [4.78, 5) is 13.1. The molecule has 0 radical (unpaired) electrons. The van der Waals surface area contributed by atoms with E-state index in [9.17, 15) is 10.1 Å². The van der Waals surface area contributed by atoms with Crippen molar-refractivity contribution in [3.05, 3.63) is 38.9 Å². The molecule has 0 saturated carbocycles. The first kappa shape index (κ1) is 16.2. The Labute approximate surface area is 130 Å². The molecule has 5 nitrogen and oxygen atoms in total. The average Bonchev–Trinajstić information content (AvgIpc) is 2.50. The Hall–Kier alpha value is -1.17. The molecule has 0 amide bonds. The van der Waals surface area contributed by atoms with Crippen molar-refractivity contribution < 1.29 is 4.92 Å². The summed E-state index contributed by atoms with van der Waals surface area (Å²) in [5.74, 6) is 0.391. The molecule has 116 valence electrons. The molecule has 6 heteroatoms. The van der Waals surface area contributed by atoms with E-state index in [1.807, 2.05) is 0 Å². The molecule has 1 aliphatic heterocycles. The molecule has 2 atom stereocenters. The van der Waals surface area contributed by atoms with E-state index in [1.54, 1.807) is 12.1 Å². The van der Waals surface area contributed by atoms with Gasteiger partial charge in [-0.25, -0.2) is 0 Å². The van der Waals surface area contributed by atoms with Crippen LogP contribution in [0.4, 0.5) is 5.69 Å². The molecule has 1 aromatic carbocycles. The second kappa shape index (κ2) is 7.20. The van der Waals surface area contributed by atoms with Gasteiger partial charge in [-0.2, -0.15) is 0 Å². The van der Waals surface area contributed by atoms with Gasteiger partial charge in [-0.3, -0.25) is 15.0 Å². The predicted octanol–water partition coefficient (Wildman–Crippen LogP) is 3.24. The summed E-state index contributed by atoms with van der Waals surface area (Å²) in [6.45, 7) is 8.09. The zero-order chi connectivity index (χ0) is 15.4. The highest BCUT2D eigenvalue weighted by molar-refractivity contribution is 6.31. The van der Waals surface area contributed by atoms with Crippen LogP contribution < -0.4 is 5.32 Å². The van der Waals surface area contributed by atoms with Crippen molar-refractivity contribution in [1.29, 1.82) is 0 Å². The Morgan fingerprint density at radius 2 is 2.10 bits per heavy atom. The van der Waals surface area contributed by atoms with Gasteiger partial charge in [0, 0.05) is 49.4 Å². The molecular weight excluding hydrogens is 290 g/mol. The van der Waals surface area contributed by atoms with Crippen LogP contribution in [0.25, 0.3) is 0 Å². The Morgan fingerprint density at radius 3 is 2.67 bits per heavy atom. The summed E-state index contributed by atoms with van der Waals surface area (Å²) in [5, 5.41) is 15.0. The highest BCUT2D eigenvalue weighted by Crippen LogP contribution is 2.37. The quantitative estimate of drug-likeness (QED) is 0.670. The predicted molar refractivity (Wildman–Crippen MR) is 84.7 cm³/mol. The van der Waals surface area contributed by atoms with Crippen LogP contribution in [-0.2, 0) is 0 Å². The van der Waals surface area contributed by atoms with Crippen molar-refractivity contribution in [3.63, 3.8) is 0 Å². The van der Waals surface area contributed by atoms with Crippen LogP contribution in [0.15, 0.2) is 18.2 Å². The Morgan fingerprint density at radius 1 is 1.43 bits per heavy atom. The zero-order valence-electron chi connectivity index (χ0n) is 12.5. The van der Waals surface area contributed by atoms with Crippen molar-refractivity contribution in [2.24, 2.45) is 5.92 Å². The summed E-state index contributed by atoms with van der Waals surface area (Å²) in [7, 11) is 0. The number of nitro groups is 1. The summed E-state index contributed by atoms with van der Waals surface area (Å²) < 4.78 is 0. The molecule has 1 fully saturated rings. The fourth-order valence-electron chi connectivity index (χ4n) is 2.92. The molecule has 21 heavy (non-hydrogen) atoms. The minimum absolute atomic E-state index is 0.109. The first-order valence-corrected chi connectivity index (χ1v) is 7.81. The van der Waals surface area contributed by atoms with Crippen LogP contribution in [0, 0.1) is 16.0 Å². The number of benzene rings is 1. The van der Waals surface area contributed by atoms with Crippen molar-refractivity contribution >= 4 is 17.3 Å². The van der Waals surface area contributed by atoms with E-state index in [1.165, 1.54) is 6.07 Å². The fraction of sp³-hybridized carbons (Fsp3) is 0.600. The number of non-ortho nitro benzene ring substituents is 1. The lowest BCUT2D eigenvalue weighted by Crippen LogP contribution is -2.46. The lowest BCUT2D eigenvalue weighted by Gasteiger charge is -2.38. The number of nitrogens with zero attached hydrogens (tertiary/aromatic N) is 2. The second-order valence-corrected chi connectivity index (χ2v) is 5.99. The third kappa shape index (κ3) is 3.73. The minimum Gasteiger partial charge on any atom is -0.314 e. The number of rotatable bonds is 5. The highest BCUT2D eigenvalue weighted by Gasteiger charge is 2.29. The second-order valence-electron chi connectivity index (χ2n) is 5.58. The van der Waals surface area contributed by atoms with Gasteiger partial charge in [0.05, 0.1) is 4.92 Å². The number of halogens is 1. The largest absolute Gasteiger partial charge is 0.314 e. The molecule has 2 rings (SSSR count). The molecule has 1 N–H and O–H groups in total. The van der Waals surface area contributed by atoms with Crippen molar-refractivity contribution in [2.75, 3.05) is 26.2 Å². The van der Waals surface area contributed by atoms with Crippen molar-refractivity contribution in [2.45, 2.75) is 26.3 Å². The van der Waals surface area contributed by atoms with Gasteiger partial charge in [0.2, 0.25) is 0 Å². The molecule has 0 spiro atoms. The molecule has 0 bridgehead atoms. The number of nitro benzene ring substituents is 1. The average molecular weight is 312 g/mol. The van der Waals surface area contributed by atoms with Crippen molar-refractivity contribution in [1.82, 2.24) is 10.2 Å². The van der Waals surface area contributed by atoms with E-state index in [-0.39, 0.29) is 16.7 Å². The van der Waals surface area contributed by atoms with Gasteiger partial charge < -0.3 is 5.32 Å². The minimum atomic E-state index is -0.356. The molecule has 1 heterocycles. The van der Waals surface area contributed by atoms with Crippen LogP contribution in [0.2, 0.25) is 5.02 Å². The third-order valence-electron chi connectivity index (χ3n) is 4.24. The molecule has 1 unspecified atom stereocenters. The first-order valence-electron chi connectivity index (χ1n) is 7.43. The van der Waals surface area contributed by atoms with E-state index in [2.05, 4.69) is 24.1 Å². The molecule has 1 aliphatic rings. The fourth-order valence-corrected chi connectivity index (χ4v) is 3.15. The molecule has 1 saturated heterocycles. The van der Waals surface area contributed by atoms with Gasteiger partial charge >= 0.3 is 0 Å². The van der Waals surface area contributed by atoms with E-state index >= 15 is 0 Å². The zero-order valence-corrected chi connectivity index (χ0v) is 13.3. The first-order chi connectivity index (χ1) is 10.0. The van der Waals surface area contributed by atoms with E-state index in [0.717, 1.165) is 38.2 Å². The number of hydrogen-bond donors (Lipinski definition) is 1. The molecule has 0 aliphatic carbocycles. The summed E-state index contributed by atoms with van der Waals surface area (Å²) in [6.07, 6.45) is 1.01. The van der Waals surface area contributed by atoms with E-state index < -0.39 is 0 Å².